The van der Waals surface area contributed by atoms with Gasteiger partial charge in [-0.3, -0.25) is 4.79 Å². The molecule has 2 heterocycles. The van der Waals surface area contributed by atoms with E-state index in [4.69, 9.17) is 0 Å². The number of halogens is 1. The SMILES string of the molecule is O=c1ccccn1CCn1cc(Br)c([N+](=O)[O-])n1. The Balaban J connectivity index is 2.12. The lowest BCUT2D eigenvalue weighted by Crippen LogP contribution is -2.20. The van der Waals surface area contributed by atoms with E-state index in [0.717, 1.165) is 0 Å². The zero-order valence-electron chi connectivity index (χ0n) is 9.19. The van der Waals surface area contributed by atoms with Gasteiger partial charge in [0.25, 0.3) is 5.56 Å². The number of aryl methyl sites for hydroxylation is 2. The van der Waals surface area contributed by atoms with Gasteiger partial charge in [0.05, 0.1) is 17.8 Å². The summed E-state index contributed by atoms with van der Waals surface area (Å²) < 4.78 is 3.27. The highest BCUT2D eigenvalue weighted by Crippen LogP contribution is 2.21. The molecule has 0 unspecified atom stereocenters. The van der Waals surface area contributed by atoms with Gasteiger partial charge in [0.15, 0.2) is 0 Å². The fourth-order valence-corrected chi connectivity index (χ4v) is 1.94. The van der Waals surface area contributed by atoms with Crippen LogP contribution in [-0.2, 0) is 13.1 Å². The van der Waals surface area contributed by atoms with Crippen LogP contribution in [0.15, 0.2) is 39.9 Å². The minimum absolute atomic E-state index is 0.113. The van der Waals surface area contributed by atoms with Crippen LogP contribution in [0.4, 0.5) is 5.82 Å². The molecule has 8 heteroatoms. The fourth-order valence-electron chi connectivity index (χ4n) is 1.48. The third-order valence-electron chi connectivity index (χ3n) is 2.34. The van der Waals surface area contributed by atoms with Gasteiger partial charge in [-0.25, -0.2) is 0 Å². The summed E-state index contributed by atoms with van der Waals surface area (Å²) in [7, 11) is 0. The van der Waals surface area contributed by atoms with E-state index in [1.54, 1.807) is 18.3 Å². The van der Waals surface area contributed by atoms with E-state index in [0.29, 0.717) is 17.6 Å². The molecule has 0 aliphatic heterocycles. The first-order valence-corrected chi connectivity index (χ1v) is 5.90. The molecule has 7 nitrogen and oxygen atoms in total. The van der Waals surface area contributed by atoms with Gasteiger partial charge in [0, 0.05) is 18.8 Å². The summed E-state index contributed by atoms with van der Waals surface area (Å²) in [4.78, 5) is 21.5. The zero-order chi connectivity index (χ0) is 13.1. The Kier molecular flexibility index (Phi) is 3.56. The molecule has 2 rings (SSSR count). The van der Waals surface area contributed by atoms with Crippen LogP contribution in [0.5, 0.6) is 0 Å². The molecule has 0 fully saturated rings. The van der Waals surface area contributed by atoms with E-state index in [-0.39, 0.29) is 11.4 Å². The molecule has 2 aromatic rings. The minimum atomic E-state index is -0.560. The van der Waals surface area contributed by atoms with Crippen LogP contribution in [0.2, 0.25) is 0 Å². The van der Waals surface area contributed by atoms with Crippen molar-refractivity contribution in [3.05, 3.63) is 55.5 Å². The fraction of sp³-hybridized carbons (Fsp3) is 0.200. The molecular weight excluding hydrogens is 304 g/mol. The number of aromatic nitrogens is 3. The van der Waals surface area contributed by atoms with E-state index in [1.807, 2.05) is 0 Å². The molecule has 0 aliphatic rings. The molecular formula is C10H9BrN4O3. The lowest BCUT2D eigenvalue weighted by molar-refractivity contribution is -0.390. The van der Waals surface area contributed by atoms with E-state index in [9.17, 15) is 14.9 Å². The average molecular weight is 313 g/mol. The van der Waals surface area contributed by atoms with Gasteiger partial charge in [0.1, 0.15) is 4.47 Å². The number of pyridine rings is 1. The molecule has 0 saturated carbocycles. The van der Waals surface area contributed by atoms with Crippen molar-refractivity contribution < 1.29 is 4.92 Å². The summed E-state index contributed by atoms with van der Waals surface area (Å²) >= 11 is 3.06. The minimum Gasteiger partial charge on any atom is -0.358 e. The molecule has 0 amide bonds. The number of rotatable bonds is 4. The smallest absolute Gasteiger partial charge is 0.358 e. The highest BCUT2D eigenvalue weighted by atomic mass is 79.9. The first-order valence-electron chi connectivity index (χ1n) is 5.11. The molecule has 0 radical (unpaired) electrons. The molecule has 0 aromatic carbocycles. The van der Waals surface area contributed by atoms with Crippen LogP contribution < -0.4 is 5.56 Å². The largest absolute Gasteiger partial charge is 0.404 e. The number of hydrogen-bond donors (Lipinski definition) is 0. The first-order chi connectivity index (χ1) is 8.58. The van der Waals surface area contributed by atoms with Crippen LogP contribution >= 0.6 is 15.9 Å². The maximum atomic E-state index is 11.4. The van der Waals surface area contributed by atoms with Gasteiger partial charge in [-0.2, -0.15) is 4.68 Å². The van der Waals surface area contributed by atoms with Gasteiger partial charge in [-0.15, -0.1) is 0 Å². The second kappa shape index (κ2) is 5.13. The molecule has 2 aromatic heterocycles. The highest BCUT2D eigenvalue weighted by molar-refractivity contribution is 9.10. The van der Waals surface area contributed by atoms with Crippen LogP contribution in [0.3, 0.4) is 0 Å². The summed E-state index contributed by atoms with van der Waals surface area (Å²) in [6.45, 7) is 0.793. The second-order valence-corrected chi connectivity index (χ2v) is 4.41. The Morgan fingerprint density at radius 3 is 2.78 bits per heavy atom. The van der Waals surface area contributed by atoms with E-state index in [2.05, 4.69) is 21.0 Å². The van der Waals surface area contributed by atoms with Crippen molar-refractivity contribution in [2.45, 2.75) is 13.1 Å². The molecule has 0 spiro atoms. The average Bonchev–Trinajstić information content (AvgIpc) is 2.70. The summed E-state index contributed by atoms with van der Waals surface area (Å²) in [5.74, 6) is -0.226. The third-order valence-corrected chi connectivity index (χ3v) is 2.90. The molecule has 0 N–H and O–H groups in total. The molecule has 0 aliphatic carbocycles. The Morgan fingerprint density at radius 1 is 1.39 bits per heavy atom. The van der Waals surface area contributed by atoms with Gasteiger partial charge < -0.3 is 14.7 Å². The Bertz CT molecular complexity index is 634. The highest BCUT2D eigenvalue weighted by Gasteiger charge is 2.18. The molecule has 94 valence electrons. The van der Waals surface area contributed by atoms with Crippen molar-refractivity contribution in [2.75, 3.05) is 0 Å². The zero-order valence-corrected chi connectivity index (χ0v) is 10.8. The van der Waals surface area contributed by atoms with Gasteiger partial charge in [-0.1, -0.05) is 6.07 Å². The number of hydrogen-bond acceptors (Lipinski definition) is 4. The first kappa shape index (κ1) is 12.5. The van der Waals surface area contributed by atoms with Crippen molar-refractivity contribution in [3.8, 4) is 0 Å². The standard InChI is InChI=1S/C10H9BrN4O3/c11-8-7-14(12-10(8)15(17)18)6-5-13-4-2-1-3-9(13)16/h1-4,7H,5-6H2. The maximum Gasteiger partial charge on any atom is 0.404 e. The van der Waals surface area contributed by atoms with Gasteiger partial charge >= 0.3 is 5.82 Å². The van der Waals surface area contributed by atoms with E-state index in [1.165, 1.54) is 21.5 Å². The molecule has 18 heavy (non-hydrogen) atoms. The Morgan fingerprint density at radius 2 is 2.17 bits per heavy atom. The normalized spacial score (nSPS) is 10.5. The number of nitrogens with zero attached hydrogens (tertiary/aromatic N) is 4. The lowest BCUT2D eigenvalue weighted by Gasteiger charge is -2.02. The monoisotopic (exact) mass is 312 g/mol. The number of nitro groups is 1. The van der Waals surface area contributed by atoms with Crippen molar-refractivity contribution >= 4 is 21.7 Å². The van der Waals surface area contributed by atoms with Crippen molar-refractivity contribution in [1.29, 1.82) is 0 Å². The van der Waals surface area contributed by atoms with Gasteiger partial charge in [0.2, 0.25) is 0 Å². The molecule has 0 saturated heterocycles. The third kappa shape index (κ3) is 2.65. The van der Waals surface area contributed by atoms with E-state index >= 15 is 0 Å². The topological polar surface area (TPSA) is 83.0 Å². The summed E-state index contributed by atoms with van der Waals surface area (Å²) in [6.07, 6.45) is 3.18. The second-order valence-electron chi connectivity index (χ2n) is 3.55. The predicted molar refractivity (Wildman–Crippen MR) is 67.3 cm³/mol. The van der Waals surface area contributed by atoms with Crippen LogP contribution in [-0.4, -0.2) is 19.3 Å². The van der Waals surface area contributed by atoms with Crippen molar-refractivity contribution in [2.24, 2.45) is 0 Å². The molecule has 0 bridgehead atoms. The Hall–Kier alpha value is -1.96. The quantitative estimate of drug-likeness (QED) is 0.631. The van der Waals surface area contributed by atoms with Crippen LogP contribution in [0.25, 0.3) is 0 Å². The predicted octanol–water partition coefficient (Wildman–Crippen LogP) is 1.42. The van der Waals surface area contributed by atoms with Crippen molar-refractivity contribution in [3.63, 3.8) is 0 Å². The summed E-state index contributed by atoms with van der Waals surface area (Å²) in [5.41, 5.74) is -0.113. The molecule has 0 atom stereocenters. The Labute approximate surface area is 110 Å². The van der Waals surface area contributed by atoms with E-state index < -0.39 is 4.92 Å². The van der Waals surface area contributed by atoms with Crippen LogP contribution in [0, 0.1) is 10.1 Å². The summed E-state index contributed by atoms with van der Waals surface area (Å²) in [5, 5.41) is 14.4. The lowest BCUT2D eigenvalue weighted by atomic mass is 10.4. The summed E-state index contributed by atoms with van der Waals surface area (Å²) in [6, 6.07) is 4.87. The van der Waals surface area contributed by atoms with Crippen molar-refractivity contribution in [1.82, 2.24) is 14.3 Å². The maximum absolute atomic E-state index is 11.4. The van der Waals surface area contributed by atoms with Crippen LogP contribution in [0.1, 0.15) is 0 Å². The van der Waals surface area contributed by atoms with Gasteiger partial charge in [-0.05, 0) is 26.9 Å².